The summed E-state index contributed by atoms with van der Waals surface area (Å²) in [5.74, 6) is 1.50. The molecule has 0 N–H and O–H groups in total. The van der Waals surface area contributed by atoms with E-state index < -0.39 is 12.0 Å². The Morgan fingerprint density at radius 1 is 1.22 bits per heavy atom. The van der Waals surface area contributed by atoms with Gasteiger partial charge < -0.3 is 4.74 Å². The molecule has 0 spiro atoms. The monoisotopic (exact) mass is 282 g/mol. The molecule has 0 aliphatic heterocycles. The summed E-state index contributed by atoms with van der Waals surface area (Å²) in [6.07, 6.45) is 1.37. The van der Waals surface area contributed by atoms with E-state index in [1.165, 1.54) is 6.92 Å². The number of thioether (sulfide) groups is 1. The highest BCUT2D eigenvalue weighted by Gasteiger charge is 2.20. The minimum Gasteiger partial charge on any atom is -0.459 e. The second-order valence-electron chi connectivity index (χ2n) is 5.00. The summed E-state index contributed by atoms with van der Waals surface area (Å²) in [6.45, 7) is 5.20. The van der Waals surface area contributed by atoms with E-state index in [-0.39, 0.29) is 12.4 Å². The molecule has 0 aliphatic rings. The minimum absolute atomic E-state index is 0.0205. The van der Waals surface area contributed by atoms with Crippen LogP contribution in [0.3, 0.4) is 0 Å². The lowest BCUT2D eigenvalue weighted by Crippen LogP contribution is -2.29. The van der Waals surface area contributed by atoms with Gasteiger partial charge in [0.2, 0.25) is 6.43 Å². The number of carbonyl (C=O) groups is 1. The van der Waals surface area contributed by atoms with Gasteiger partial charge in [-0.15, -0.1) is 0 Å². The standard InChI is InChI=1S/C13H24F2O2S/c1-11(16)17-13(2,3)10-18-9-7-5-4-6-8-12(14)15/h12H,4-10H2,1-3H3. The van der Waals surface area contributed by atoms with Crippen LogP contribution in [0, 0.1) is 0 Å². The molecular formula is C13H24F2O2S. The van der Waals surface area contributed by atoms with Gasteiger partial charge >= 0.3 is 5.97 Å². The number of ether oxygens (including phenoxy) is 1. The molecule has 5 heteroatoms. The number of hydrogen-bond acceptors (Lipinski definition) is 3. The maximum atomic E-state index is 11.9. The second-order valence-corrected chi connectivity index (χ2v) is 6.11. The van der Waals surface area contributed by atoms with Crippen molar-refractivity contribution in [2.45, 2.75) is 64.9 Å². The van der Waals surface area contributed by atoms with Crippen LogP contribution in [-0.2, 0) is 9.53 Å². The van der Waals surface area contributed by atoms with Gasteiger partial charge in [-0.05, 0) is 32.4 Å². The summed E-state index contributed by atoms with van der Waals surface area (Å²) in [6, 6.07) is 0. The zero-order valence-corrected chi connectivity index (χ0v) is 12.3. The normalized spacial score (nSPS) is 11.9. The van der Waals surface area contributed by atoms with Crippen molar-refractivity contribution < 1.29 is 18.3 Å². The van der Waals surface area contributed by atoms with Crippen molar-refractivity contribution in [1.29, 1.82) is 0 Å². The zero-order chi connectivity index (χ0) is 14.0. The summed E-state index contributed by atoms with van der Waals surface area (Å²) < 4.78 is 28.9. The lowest BCUT2D eigenvalue weighted by Gasteiger charge is -2.23. The highest BCUT2D eigenvalue weighted by molar-refractivity contribution is 7.99. The van der Waals surface area contributed by atoms with Crippen molar-refractivity contribution in [1.82, 2.24) is 0 Å². The van der Waals surface area contributed by atoms with E-state index in [0.29, 0.717) is 6.42 Å². The van der Waals surface area contributed by atoms with Crippen molar-refractivity contribution in [2.75, 3.05) is 11.5 Å². The molecule has 0 radical (unpaired) electrons. The molecule has 0 rings (SSSR count). The lowest BCUT2D eigenvalue weighted by atomic mass is 10.2. The molecule has 0 saturated carbocycles. The van der Waals surface area contributed by atoms with Gasteiger partial charge in [0.15, 0.2) is 0 Å². The maximum Gasteiger partial charge on any atom is 0.303 e. The molecule has 108 valence electrons. The Bertz CT molecular complexity index is 233. The Kier molecular flexibility index (Phi) is 9.42. The van der Waals surface area contributed by atoms with Crippen molar-refractivity contribution >= 4 is 17.7 Å². The summed E-state index contributed by atoms with van der Waals surface area (Å²) in [7, 11) is 0. The quantitative estimate of drug-likeness (QED) is 0.442. The Morgan fingerprint density at radius 2 is 1.83 bits per heavy atom. The molecule has 2 nitrogen and oxygen atoms in total. The van der Waals surface area contributed by atoms with Gasteiger partial charge in [0.25, 0.3) is 0 Å². The Hall–Kier alpha value is -0.320. The van der Waals surface area contributed by atoms with Gasteiger partial charge in [-0.2, -0.15) is 11.8 Å². The van der Waals surface area contributed by atoms with Crippen LogP contribution in [0.15, 0.2) is 0 Å². The average Bonchev–Trinajstić information content (AvgIpc) is 2.19. The third-order valence-electron chi connectivity index (χ3n) is 2.33. The first-order valence-electron chi connectivity index (χ1n) is 6.39. The van der Waals surface area contributed by atoms with E-state index in [1.54, 1.807) is 11.8 Å². The molecular weight excluding hydrogens is 258 g/mol. The third-order valence-corrected chi connectivity index (χ3v) is 3.81. The number of halogens is 2. The number of unbranched alkanes of at least 4 members (excludes halogenated alkanes) is 3. The molecule has 0 amide bonds. The zero-order valence-electron chi connectivity index (χ0n) is 11.5. The van der Waals surface area contributed by atoms with Crippen LogP contribution in [0.1, 0.15) is 52.9 Å². The van der Waals surface area contributed by atoms with Gasteiger partial charge in [0, 0.05) is 19.1 Å². The molecule has 0 unspecified atom stereocenters. The first-order chi connectivity index (χ1) is 8.33. The van der Waals surface area contributed by atoms with Crippen LogP contribution in [0.2, 0.25) is 0 Å². The topological polar surface area (TPSA) is 26.3 Å². The summed E-state index contributed by atoms with van der Waals surface area (Å²) in [5.41, 5.74) is -0.424. The van der Waals surface area contributed by atoms with Crippen LogP contribution < -0.4 is 0 Å². The fourth-order valence-electron chi connectivity index (χ4n) is 1.59. The van der Waals surface area contributed by atoms with Crippen LogP contribution in [0.5, 0.6) is 0 Å². The minimum atomic E-state index is -2.16. The smallest absolute Gasteiger partial charge is 0.303 e. The Morgan fingerprint density at radius 3 is 2.39 bits per heavy atom. The summed E-state index contributed by atoms with van der Waals surface area (Å²) in [4.78, 5) is 10.8. The highest BCUT2D eigenvalue weighted by atomic mass is 32.2. The van der Waals surface area contributed by atoms with Crippen molar-refractivity contribution in [3.05, 3.63) is 0 Å². The number of alkyl halides is 2. The van der Waals surface area contributed by atoms with E-state index in [9.17, 15) is 13.6 Å². The largest absolute Gasteiger partial charge is 0.459 e. The maximum absolute atomic E-state index is 11.9. The lowest BCUT2D eigenvalue weighted by molar-refractivity contribution is -0.151. The number of rotatable bonds is 10. The molecule has 0 fully saturated rings. The van der Waals surface area contributed by atoms with Crippen LogP contribution in [-0.4, -0.2) is 29.5 Å². The fraction of sp³-hybridized carbons (Fsp3) is 0.923. The van der Waals surface area contributed by atoms with E-state index >= 15 is 0 Å². The van der Waals surface area contributed by atoms with Gasteiger partial charge in [-0.25, -0.2) is 8.78 Å². The predicted molar refractivity (Wildman–Crippen MR) is 72.3 cm³/mol. The summed E-state index contributed by atoms with van der Waals surface area (Å²) in [5, 5.41) is 0. The first kappa shape index (κ1) is 17.7. The SMILES string of the molecule is CC(=O)OC(C)(C)CSCCCCCCC(F)F. The molecule has 0 heterocycles. The number of carbonyl (C=O) groups excluding carboxylic acids is 1. The fourth-order valence-corrected chi connectivity index (χ4v) is 2.70. The molecule has 0 atom stereocenters. The van der Waals surface area contributed by atoms with E-state index in [2.05, 4.69) is 0 Å². The van der Waals surface area contributed by atoms with Gasteiger partial charge in [0.05, 0.1) is 0 Å². The van der Waals surface area contributed by atoms with Crippen molar-refractivity contribution in [3.63, 3.8) is 0 Å². The molecule has 0 aromatic heterocycles. The van der Waals surface area contributed by atoms with E-state index in [0.717, 1.165) is 30.8 Å². The van der Waals surface area contributed by atoms with Gasteiger partial charge in [-0.3, -0.25) is 4.79 Å². The van der Waals surface area contributed by atoms with E-state index in [1.807, 2.05) is 13.8 Å². The molecule has 0 aliphatic carbocycles. The number of hydrogen-bond donors (Lipinski definition) is 0. The molecule has 0 bridgehead atoms. The molecule has 18 heavy (non-hydrogen) atoms. The molecule has 0 aromatic carbocycles. The van der Waals surface area contributed by atoms with Crippen molar-refractivity contribution in [3.8, 4) is 0 Å². The van der Waals surface area contributed by atoms with Crippen LogP contribution in [0.4, 0.5) is 8.78 Å². The average molecular weight is 282 g/mol. The van der Waals surface area contributed by atoms with E-state index in [4.69, 9.17) is 4.74 Å². The van der Waals surface area contributed by atoms with Crippen LogP contribution in [0.25, 0.3) is 0 Å². The second kappa shape index (κ2) is 9.59. The third kappa shape index (κ3) is 12.1. The Balaban J connectivity index is 3.37. The molecule has 0 saturated heterocycles. The Labute approximate surface area is 113 Å². The van der Waals surface area contributed by atoms with Crippen molar-refractivity contribution in [2.24, 2.45) is 0 Å². The van der Waals surface area contributed by atoms with Gasteiger partial charge in [-0.1, -0.05) is 12.8 Å². The number of esters is 1. The van der Waals surface area contributed by atoms with Crippen LogP contribution >= 0.6 is 11.8 Å². The highest BCUT2D eigenvalue weighted by Crippen LogP contribution is 2.19. The molecule has 0 aromatic rings. The van der Waals surface area contributed by atoms with Gasteiger partial charge in [0.1, 0.15) is 5.60 Å². The summed E-state index contributed by atoms with van der Waals surface area (Å²) >= 11 is 1.74. The predicted octanol–water partition coefficient (Wildman–Crippen LogP) is 4.28. The first-order valence-corrected chi connectivity index (χ1v) is 7.54.